The molecule has 160 valence electrons. The number of thiocarbonyl (C=S) groups is 1. The van der Waals surface area contributed by atoms with Crippen LogP contribution in [0.1, 0.15) is 61.6 Å². The summed E-state index contributed by atoms with van der Waals surface area (Å²) in [6, 6.07) is 19.1. The maximum atomic E-state index is 5.87. The first-order chi connectivity index (χ1) is 15.3. The lowest BCUT2D eigenvalue weighted by Gasteiger charge is -2.32. The van der Waals surface area contributed by atoms with Gasteiger partial charge in [-0.1, -0.05) is 31.4 Å². The minimum absolute atomic E-state index is 0.00596. The summed E-state index contributed by atoms with van der Waals surface area (Å²) in [7, 11) is 1.70. The third-order valence-corrected chi connectivity index (χ3v) is 6.83. The summed E-state index contributed by atoms with van der Waals surface area (Å²) < 4.78 is 7.99. The molecule has 1 aliphatic carbocycles. The van der Waals surface area contributed by atoms with E-state index >= 15 is 0 Å². The van der Waals surface area contributed by atoms with Crippen molar-refractivity contribution in [2.24, 2.45) is 0 Å². The lowest BCUT2D eigenvalue weighted by atomic mass is 9.94. The zero-order valence-corrected chi connectivity index (χ0v) is 18.6. The first-order valence-corrected chi connectivity index (χ1v) is 11.5. The Morgan fingerprint density at radius 2 is 1.90 bits per heavy atom. The number of ether oxygens (including phenoxy) is 1. The van der Waals surface area contributed by atoms with Crippen molar-refractivity contribution >= 4 is 23.0 Å². The fraction of sp³-hybridized carbons (Fsp3) is 0.360. The zero-order valence-electron chi connectivity index (χ0n) is 17.8. The van der Waals surface area contributed by atoms with E-state index in [4.69, 9.17) is 17.0 Å². The van der Waals surface area contributed by atoms with Crippen LogP contribution in [-0.2, 0) is 0 Å². The van der Waals surface area contributed by atoms with Crippen LogP contribution in [-0.4, -0.2) is 21.8 Å². The molecule has 0 amide bonds. The van der Waals surface area contributed by atoms with Crippen molar-refractivity contribution < 1.29 is 4.74 Å². The molecule has 0 unspecified atom stereocenters. The number of rotatable bonds is 5. The van der Waals surface area contributed by atoms with Gasteiger partial charge in [-0.25, -0.2) is 0 Å². The second-order valence-electron chi connectivity index (χ2n) is 8.33. The largest absolute Gasteiger partial charge is 0.497 e. The fourth-order valence-corrected chi connectivity index (χ4v) is 5.39. The third-order valence-electron chi connectivity index (χ3n) is 6.51. The molecule has 2 aliphatic rings. The maximum absolute atomic E-state index is 5.87. The number of hydrogen-bond acceptors (Lipinski definition) is 3. The Hall–Kier alpha value is -2.86. The molecular formula is C25H28N4OS. The van der Waals surface area contributed by atoms with Crippen molar-refractivity contribution in [3.63, 3.8) is 0 Å². The number of aromatic nitrogens is 2. The van der Waals surface area contributed by atoms with Crippen LogP contribution < -0.4 is 15.0 Å². The van der Waals surface area contributed by atoms with Gasteiger partial charge < -0.3 is 19.5 Å². The summed E-state index contributed by atoms with van der Waals surface area (Å²) >= 11 is 5.87. The van der Waals surface area contributed by atoms with Gasteiger partial charge in [-0.05, 0) is 61.5 Å². The van der Waals surface area contributed by atoms with E-state index in [-0.39, 0.29) is 12.1 Å². The Bertz CT molecular complexity index is 1040. The van der Waals surface area contributed by atoms with E-state index in [0.29, 0.717) is 11.2 Å². The van der Waals surface area contributed by atoms with E-state index in [1.807, 2.05) is 30.5 Å². The van der Waals surface area contributed by atoms with Crippen LogP contribution in [0, 0.1) is 0 Å². The molecule has 0 spiro atoms. The molecule has 1 aliphatic heterocycles. The lowest BCUT2D eigenvalue weighted by Crippen LogP contribution is -2.31. The van der Waals surface area contributed by atoms with E-state index in [1.54, 1.807) is 7.11 Å². The van der Waals surface area contributed by atoms with Crippen LogP contribution in [0.4, 0.5) is 5.69 Å². The molecule has 5 rings (SSSR count). The minimum atomic E-state index is -0.0304. The Balaban J connectivity index is 1.61. The molecule has 1 saturated heterocycles. The van der Waals surface area contributed by atoms with Gasteiger partial charge in [0.1, 0.15) is 11.8 Å². The number of anilines is 1. The van der Waals surface area contributed by atoms with Gasteiger partial charge in [0.2, 0.25) is 0 Å². The molecule has 1 aromatic carbocycles. The number of pyridine rings is 1. The van der Waals surface area contributed by atoms with Crippen LogP contribution in [0.3, 0.4) is 0 Å². The summed E-state index contributed by atoms with van der Waals surface area (Å²) in [6.45, 7) is 0. The molecule has 3 heterocycles. The van der Waals surface area contributed by atoms with Crippen molar-refractivity contribution in [1.82, 2.24) is 14.9 Å². The minimum Gasteiger partial charge on any atom is -0.497 e. The van der Waals surface area contributed by atoms with E-state index in [0.717, 1.165) is 17.1 Å². The van der Waals surface area contributed by atoms with E-state index in [2.05, 4.69) is 56.3 Å². The van der Waals surface area contributed by atoms with Gasteiger partial charge in [0.25, 0.3) is 0 Å². The number of methoxy groups -OCH3 is 1. The molecule has 6 heteroatoms. The van der Waals surface area contributed by atoms with E-state index in [1.165, 1.54) is 37.8 Å². The predicted octanol–water partition coefficient (Wildman–Crippen LogP) is 5.57. The highest BCUT2D eigenvalue weighted by Crippen LogP contribution is 2.43. The van der Waals surface area contributed by atoms with Gasteiger partial charge in [0.05, 0.1) is 18.8 Å². The van der Waals surface area contributed by atoms with Gasteiger partial charge in [-0.2, -0.15) is 0 Å². The number of nitrogens with one attached hydrogen (secondary N) is 1. The van der Waals surface area contributed by atoms with Crippen LogP contribution in [0.5, 0.6) is 5.75 Å². The summed E-state index contributed by atoms with van der Waals surface area (Å²) in [5.74, 6) is 0.822. The molecule has 5 nitrogen and oxygen atoms in total. The molecule has 1 N–H and O–H groups in total. The van der Waals surface area contributed by atoms with Crippen LogP contribution in [0.15, 0.2) is 67.0 Å². The standard InChI is InChI=1S/C25H28N4OS/c1-30-20-12-7-11-19(17-20)29-24(23(27-25(29)31)21-13-5-6-15-26-21)22-14-8-16-28(22)18-9-3-2-4-10-18/h5-8,11-18,23-24H,2-4,9-10H2,1H3,(H,27,31)/t23-,24+/m1/s1. The van der Waals surface area contributed by atoms with Gasteiger partial charge in [0.15, 0.2) is 5.11 Å². The average molecular weight is 433 g/mol. The van der Waals surface area contributed by atoms with Crippen molar-refractivity contribution in [2.75, 3.05) is 12.0 Å². The summed E-state index contributed by atoms with van der Waals surface area (Å²) in [5.41, 5.74) is 3.30. The number of benzene rings is 1. The smallest absolute Gasteiger partial charge is 0.174 e. The highest BCUT2D eigenvalue weighted by Gasteiger charge is 2.42. The maximum Gasteiger partial charge on any atom is 0.174 e. The van der Waals surface area contributed by atoms with Crippen LogP contribution in [0.2, 0.25) is 0 Å². The first kappa shape index (κ1) is 20.1. The molecule has 2 aromatic heterocycles. The number of hydrogen-bond donors (Lipinski definition) is 1. The molecule has 0 bridgehead atoms. The van der Waals surface area contributed by atoms with Crippen molar-refractivity contribution in [3.05, 3.63) is 78.4 Å². The molecule has 3 aromatic rings. The van der Waals surface area contributed by atoms with E-state index in [9.17, 15) is 0 Å². The summed E-state index contributed by atoms with van der Waals surface area (Å²) in [4.78, 5) is 6.90. The molecule has 2 atom stereocenters. The Kier molecular flexibility index (Phi) is 5.64. The molecule has 1 saturated carbocycles. The molecule has 31 heavy (non-hydrogen) atoms. The van der Waals surface area contributed by atoms with Crippen molar-refractivity contribution in [2.45, 2.75) is 50.2 Å². The van der Waals surface area contributed by atoms with Gasteiger partial charge in [-0.3, -0.25) is 4.98 Å². The molecule has 0 radical (unpaired) electrons. The highest BCUT2D eigenvalue weighted by atomic mass is 32.1. The zero-order chi connectivity index (χ0) is 21.2. The predicted molar refractivity (Wildman–Crippen MR) is 127 cm³/mol. The number of nitrogens with zero attached hydrogens (tertiary/aromatic N) is 3. The van der Waals surface area contributed by atoms with Gasteiger partial charge in [0, 0.05) is 35.9 Å². The van der Waals surface area contributed by atoms with Crippen molar-refractivity contribution in [1.29, 1.82) is 0 Å². The van der Waals surface area contributed by atoms with Crippen LogP contribution >= 0.6 is 12.2 Å². The van der Waals surface area contributed by atoms with E-state index < -0.39 is 0 Å². The quantitative estimate of drug-likeness (QED) is 0.534. The summed E-state index contributed by atoms with van der Waals surface area (Å²) in [6.07, 6.45) is 10.5. The SMILES string of the molecule is COc1cccc(N2C(=S)N[C@H](c3ccccn3)[C@@H]2c2cccn2C2CCCCC2)c1. The normalized spacial score (nSPS) is 21.8. The molecular weight excluding hydrogens is 404 g/mol. The first-order valence-electron chi connectivity index (χ1n) is 11.1. The lowest BCUT2D eigenvalue weighted by molar-refractivity contribution is 0.340. The second-order valence-corrected chi connectivity index (χ2v) is 8.72. The van der Waals surface area contributed by atoms with Crippen LogP contribution in [0.25, 0.3) is 0 Å². The summed E-state index contributed by atoms with van der Waals surface area (Å²) in [5, 5.41) is 4.28. The monoisotopic (exact) mass is 432 g/mol. The van der Waals surface area contributed by atoms with Gasteiger partial charge >= 0.3 is 0 Å². The van der Waals surface area contributed by atoms with Gasteiger partial charge in [-0.15, -0.1) is 0 Å². The van der Waals surface area contributed by atoms with Crippen molar-refractivity contribution in [3.8, 4) is 5.75 Å². The Morgan fingerprint density at radius 3 is 2.68 bits per heavy atom. The average Bonchev–Trinajstić information content (AvgIpc) is 3.44. The second kappa shape index (κ2) is 8.71. The highest BCUT2D eigenvalue weighted by molar-refractivity contribution is 7.80. The third kappa shape index (κ3) is 3.81. The fourth-order valence-electron chi connectivity index (χ4n) is 5.04. The Labute approximate surface area is 189 Å². The molecule has 2 fully saturated rings. The topological polar surface area (TPSA) is 42.3 Å². The Morgan fingerprint density at radius 1 is 1.03 bits per heavy atom.